The highest BCUT2D eigenvalue weighted by molar-refractivity contribution is 5.90. The lowest BCUT2D eigenvalue weighted by Gasteiger charge is -2.39. The summed E-state index contributed by atoms with van der Waals surface area (Å²) in [5.74, 6) is 2.53. The van der Waals surface area contributed by atoms with E-state index in [1.54, 1.807) is 0 Å². The summed E-state index contributed by atoms with van der Waals surface area (Å²) in [6.07, 6.45) is 6.53. The molecule has 2 aliphatic carbocycles. The number of hydrogen-bond donors (Lipinski definition) is 0. The molecule has 264 valence electrons. The average molecular weight is 717 g/mol. The van der Waals surface area contributed by atoms with Crippen LogP contribution in [0.1, 0.15) is 46.4 Å². The van der Waals surface area contributed by atoms with E-state index in [0.29, 0.717) is 0 Å². The first-order chi connectivity index (χ1) is 27.7. The normalized spacial score (nSPS) is 14.4. The second kappa shape index (κ2) is 13.0. The van der Waals surface area contributed by atoms with Crippen molar-refractivity contribution in [3.63, 3.8) is 0 Å². The van der Waals surface area contributed by atoms with Crippen molar-refractivity contribution in [2.45, 2.75) is 18.3 Å². The van der Waals surface area contributed by atoms with E-state index in [2.05, 4.69) is 170 Å². The molecule has 3 nitrogen and oxygen atoms in total. The van der Waals surface area contributed by atoms with Crippen LogP contribution < -0.4 is 4.74 Å². The Morgan fingerprint density at radius 3 is 1.79 bits per heavy atom. The van der Waals surface area contributed by atoms with Crippen LogP contribution in [-0.4, -0.2) is 9.97 Å². The molecule has 0 N–H and O–H groups in total. The van der Waals surface area contributed by atoms with E-state index in [0.717, 1.165) is 63.8 Å². The van der Waals surface area contributed by atoms with E-state index in [1.807, 2.05) is 24.3 Å². The second-order valence-corrected chi connectivity index (χ2v) is 14.8. The second-order valence-electron chi connectivity index (χ2n) is 14.8. The lowest BCUT2D eigenvalue weighted by atomic mass is 9.66. The predicted octanol–water partition coefficient (Wildman–Crippen LogP) is 13.2. The van der Waals surface area contributed by atoms with Gasteiger partial charge in [-0.15, -0.1) is 0 Å². The number of hydrogen-bond acceptors (Lipinski definition) is 3. The largest absolute Gasteiger partial charge is 0.457 e. The minimum Gasteiger partial charge on any atom is -0.457 e. The molecule has 0 saturated heterocycles. The molecule has 0 unspecified atom stereocenters. The van der Waals surface area contributed by atoms with Crippen LogP contribution in [0.15, 0.2) is 194 Å². The van der Waals surface area contributed by atoms with Gasteiger partial charge in [0.15, 0.2) is 5.82 Å². The fourth-order valence-corrected chi connectivity index (χ4v) is 9.11. The minimum atomic E-state index is -0.465. The zero-order valence-electron chi connectivity index (χ0n) is 30.7. The molecule has 11 rings (SSSR count). The molecule has 56 heavy (non-hydrogen) atoms. The molecule has 3 aliphatic rings. The lowest BCUT2D eigenvalue weighted by molar-refractivity contribution is 0.436. The van der Waals surface area contributed by atoms with E-state index in [9.17, 15) is 0 Å². The van der Waals surface area contributed by atoms with Gasteiger partial charge in [0, 0.05) is 22.3 Å². The molecule has 0 atom stereocenters. The molecule has 7 aromatic carbocycles. The number of nitrogens with zero attached hydrogens (tertiary/aromatic N) is 2. The van der Waals surface area contributed by atoms with E-state index in [4.69, 9.17) is 14.7 Å². The molecule has 1 aromatic heterocycles. The third kappa shape index (κ3) is 5.12. The van der Waals surface area contributed by atoms with Crippen LogP contribution >= 0.6 is 0 Å². The van der Waals surface area contributed by atoms with Crippen LogP contribution in [-0.2, 0) is 5.41 Å². The van der Waals surface area contributed by atoms with Crippen molar-refractivity contribution >= 4 is 11.1 Å². The number of rotatable bonds is 5. The molecule has 0 bridgehead atoms. The fourth-order valence-electron chi connectivity index (χ4n) is 9.11. The first kappa shape index (κ1) is 32.3. The molecule has 0 saturated carbocycles. The van der Waals surface area contributed by atoms with Gasteiger partial charge in [-0.1, -0.05) is 164 Å². The van der Waals surface area contributed by atoms with Crippen molar-refractivity contribution in [3.8, 4) is 56.4 Å². The average Bonchev–Trinajstić information content (AvgIpc) is 3.57. The van der Waals surface area contributed by atoms with Gasteiger partial charge < -0.3 is 4.74 Å². The first-order valence-corrected chi connectivity index (χ1v) is 19.4. The maximum absolute atomic E-state index is 6.82. The number of allylic oxidation sites excluding steroid dienone is 4. The van der Waals surface area contributed by atoms with Crippen molar-refractivity contribution in [2.75, 3.05) is 0 Å². The molecular formula is C53H36N2O. The highest BCUT2D eigenvalue weighted by Gasteiger charge is 2.50. The van der Waals surface area contributed by atoms with Gasteiger partial charge in [-0.2, -0.15) is 0 Å². The van der Waals surface area contributed by atoms with Gasteiger partial charge in [-0.25, -0.2) is 9.97 Å². The Hall–Kier alpha value is -7.10. The van der Waals surface area contributed by atoms with E-state index in [1.165, 1.54) is 50.1 Å². The van der Waals surface area contributed by atoms with Crippen LogP contribution in [0.2, 0.25) is 0 Å². The van der Waals surface area contributed by atoms with Gasteiger partial charge in [-0.05, 0) is 93.3 Å². The van der Waals surface area contributed by atoms with Crippen molar-refractivity contribution < 1.29 is 4.74 Å². The summed E-state index contributed by atoms with van der Waals surface area (Å²) >= 11 is 0. The number of aromatic nitrogens is 2. The summed E-state index contributed by atoms with van der Waals surface area (Å²) in [6, 6.07) is 64.8. The van der Waals surface area contributed by atoms with Crippen LogP contribution in [0.4, 0.5) is 0 Å². The molecule has 1 aliphatic heterocycles. The van der Waals surface area contributed by atoms with Gasteiger partial charge in [0.1, 0.15) is 11.5 Å². The van der Waals surface area contributed by atoms with E-state index < -0.39 is 5.41 Å². The van der Waals surface area contributed by atoms with Gasteiger partial charge in [0.2, 0.25) is 0 Å². The maximum Gasteiger partial charge on any atom is 0.160 e. The van der Waals surface area contributed by atoms with Crippen molar-refractivity contribution in [2.24, 2.45) is 0 Å². The Morgan fingerprint density at radius 2 is 1.02 bits per heavy atom. The summed E-state index contributed by atoms with van der Waals surface area (Å²) in [7, 11) is 0. The Labute approximate surface area is 327 Å². The monoisotopic (exact) mass is 716 g/mol. The summed E-state index contributed by atoms with van der Waals surface area (Å²) in [6.45, 7) is 0. The topological polar surface area (TPSA) is 35.0 Å². The fraction of sp³-hybridized carbons (Fsp3) is 0.0566. The predicted molar refractivity (Wildman–Crippen MR) is 227 cm³/mol. The molecule has 0 amide bonds. The molecule has 2 heterocycles. The standard InChI is InChI=1S/C53H36N2O/c1-3-15-35(16-4-1)48-34-49(55-52(54-48)36-17-5-2-6-18-36)41-22-14-21-39(32-41)37-19-13-20-38(31-37)40-29-30-47-51(33-40)56-50-28-12-11-27-46(50)53(47)44-25-9-7-23-42(44)43-24-8-10-26-45(43)53/h1-13,15-21,23-34H,14,22H2. The highest BCUT2D eigenvalue weighted by Crippen LogP contribution is 2.62. The van der Waals surface area contributed by atoms with Gasteiger partial charge in [-0.3, -0.25) is 0 Å². The van der Waals surface area contributed by atoms with E-state index in [-0.39, 0.29) is 0 Å². The maximum atomic E-state index is 6.82. The Morgan fingerprint density at radius 1 is 0.429 bits per heavy atom. The van der Waals surface area contributed by atoms with E-state index >= 15 is 0 Å². The van der Waals surface area contributed by atoms with Crippen LogP contribution in [0.5, 0.6) is 11.5 Å². The summed E-state index contributed by atoms with van der Waals surface area (Å²) in [5.41, 5.74) is 16.9. The third-order valence-electron chi connectivity index (χ3n) is 11.6. The smallest absolute Gasteiger partial charge is 0.160 e. The zero-order valence-corrected chi connectivity index (χ0v) is 30.7. The zero-order chi connectivity index (χ0) is 37.1. The first-order valence-electron chi connectivity index (χ1n) is 19.4. The molecular weight excluding hydrogens is 681 g/mol. The Balaban J connectivity index is 0.987. The molecule has 1 spiro atoms. The van der Waals surface area contributed by atoms with Crippen LogP contribution in [0.3, 0.4) is 0 Å². The minimum absolute atomic E-state index is 0.465. The quantitative estimate of drug-likeness (QED) is 0.178. The number of para-hydroxylation sites is 1. The summed E-state index contributed by atoms with van der Waals surface area (Å²) in [4.78, 5) is 10.2. The SMILES string of the molecule is C1=C(c2cccc(-c3ccc4c(c3)Oc3ccccc3C43c4ccccc4-c4ccccc43)c2)C=C(c2cc(-c3ccccc3)nc(-c3ccccc3)n2)CC1. The Bertz CT molecular complexity index is 2780. The highest BCUT2D eigenvalue weighted by atomic mass is 16.5. The molecule has 0 radical (unpaired) electrons. The number of ether oxygens (including phenoxy) is 1. The number of fused-ring (bicyclic) bond motifs is 9. The van der Waals surface area contributed by atoms with Crippen molar-refractivity contribution in [1.29, 1.82) is 0 Å². The van der Waals surface area contributed by atoms with Gasteiger partial charge in [0.25, 0.3) is 0 Å². The Kier molecular flexibility index (Phi) is 7.53. The third-order valence-corrected chi connectivity index (χ3v) is 11.6. The molecule has 0 fully saturated rings. The van der Waals surface area contributed by atoms with Crippen molar-refractivity contribution in [3.05, 3.63) is 228 Å². The molecule has 8 aromatic rings. The summed E-state index contributed by atoms with van der Waals surface area (Å²) < 4.78 is 6.82. The summed E-state index contributed by atoms with van der Waals surface area (Å²) in [5, 5.41) is 0. The van der Waals surface area contributed by atoms with Crippen LogP contribution in [0, 0.1) is 0 Å². The lowest BCUT2D eigenvalue weighted by Crippen LogP contribution is -2.32. The molecule has 3 heteroatoms. The van der Waals surface area contributed by atoms with Crippen LogP contribution in [0.25, 0.3) is 56.0 Å². The van der Waals surface area contributed by atoms with Gasteiger partial charge in [0.05, 0.1) is 16.8 Å². The number of benzene rings is 7. The van der Waals surface area contributed by atoms with Gasteiger partial charge >= 0.3 is 0 Å². The van der Waals surface area contributed by atoms with Crippen molar-refractivity contribution in [1.82, 2.24) is 9.97 Å².